The number of likely N-dealkylation sites (N-methyl/N-ethyl adjacent to an activating group) is 1. The minimum absolute atomic E-state index is 0.0258. The summed E-state index contributed by atoms with van der Waals surface area (Å²) in [6.07, 6.45) is 2.76. The second kappa shape index (κ2) is 6.54. The number of hydrogen-bond donors (Lipinski definition) is 1. The highest BCUT2D eigenvalue weighted by molar-refractivity contribution is 5.27. The highest BCUT2D eigenvalue weighted by Gasteiger charge is 2.21. The molecular formula is C13H24N4O. The minimum Gasteiger partial charge on any atom is -0.476 e. The number of nitrogens with zero attached hydrogens (tertiary/aromatic N) is 3. The van der Waals surface area contributed by atoms with E-state index in [-0.39, 0.29) is 5.54 Å². The maximum atomic E-state index is 5.72. The van der Waals surface area contributed by atoms with Gasteiger partial charge in [0.1, 0.15) is 6.61 Å². The van der Waals surface area contributed by atoms with Gasteiger partial charge in [-0.25, -0.2) is 4.98 Å². The molecule has 0 saturated heterocycles. The monoisotopic (exact) mass is 252 g/mol. The Labute approximate surface area is 110 Å². The summed E-state index contributed by atoms with van der Waals surface area (Å²) in [4.78, 5) is 10.6. The topological polar surface area (TPSA) is 50.3 Å². The number of anilines is 1. The number of rotatable bonds is 7. The van der Waals surface area contributed by atoms with E-state index in [1.54, 1.807) is 12.3 Å². The normalized spacial score (nSPS) is 11.7. The largest absolute Gasteiger partial charge is 0.476 e. The van der Waals surface area contributed by atoms with E-state index in [1.807, 2.05) is 14.1 Å². The second-order valence-electron chi connectivity index (χ2n) is 5.14. The Morgan fingerprint density at radius 3 is 2.72 bits per heavy atom. The molecule has 0 aliphatic carbocycles. The summed E-state index contributed by atoms with van der Waals surface area (Å²) in [6.45, 7) is 7.82. The Hall–Kier alpha value is -1.36. The van der Waals surface area contributed by atoms with Crippen LogP contribution < -0.4 is 10.1 Å². The molecule has 5 nitrogen and oxygen atoms in total. The van der Waals surface area contributed by atoms with Crippen LogP contribution in [-0.2, 0) is 0 Å². The molecule has 0 radical (unpaired) electrons. The number of aromatic nitrogens is 2. The van der Waals surface area contributed by atoms with E-state index in [0.29, 0.717) is 18.4 Å². The first-order valence-electron chi connectivity index (χ1n) is 6.33. The molecule has 18 heavy (non-hydrogen) atoms. The first-order valence-corrected chi connectivity index (χ1v) is 6.33. The van der Waals surface area contributed by atoms with E-state index in [2.05, 4.69) is 41.0 Å². The first-order chi connectivity index (χ1) is 8.45. The lowest BCUT2D eigenvalue weighted by Gasteiger charge is -2.31. The van der Waals surface area contributed by atoms with Gasteiger partial charge in [0.2, 0.25) is 11.8 Å². The van der Waals surface area contributed by atoms with Crippen LogP contribution in [0.4, 0.5) is 5.95 Å². The van der Waals surface area contributed by atoms with Crippen molar-refractivity contribution >= 4 is 5.95 Å². The molecule has 0 bridgehead atoms. The molecule has 0 atom stereocenters. The van der Waals surface area contributed by atoms with Crippen LogP contribution in [0.1, 0.15) is 27.2 Å². The molecule has 102 valence electrons. The second-order valence-corrected chi connectivity index (χ2v) is 5.14. The molecule has 0 aliphatic rings. The van der Waals surface area contributed by atoms with E-state index in [9.17, 15) is 0 Å². The number of ether oxygens (including phenoxy) is 1. The summed E-state index contributed by atoms with van der Waals surface area (Å²) in [5.74, 6) is 1.23. The maximum Gasteiger partial charge on any atom is 0.225 e. The van der Waals surface area contributed by atoms with Gasteiger partial charge >= 0.3 is 0 Å². The molecule has 5 heteroatoms. The Morgan fingerprint density at radius 2 is 2.11 bits per heavy atom. The van der Waals surface area contributed by atoms with E-state index in [0.717, 1.165) is 13.0 Å². The van der Waals surface area contributed by atoms with Crippen molar-refractivity contribution in [2.75, 3.05) is 32.6 Å². The van der Waals surface area contributed by atoms with Crippen LogP contribution in [0.2, 0.25) is 0 Å². The molecule has 1 aromatic rings. The zero-order valence-corrected chi connectivity index (χ0v) is 12.0. The summed E-state index contributed by atoms with van der Waals surface area (Å²) < 4.78 is 5.72. The van der Waals surface area contributed by atoms with Crippen LogP contribution in [0.5, 0.6) is 5.88 Å². The Kier molecular flexibility index (Phi) is 5.34. The Morgan fingerprint density at radius 1 is 1.39 bits per heavy atom. The molecule has 0 unspecified atom stereocenters. The van der Waals surface area contributed by atoms with E-state index in [4.69, 9.17) is 4.74 Å². The average Bonchev–Trinajstić information content (AvgIpc) is 2.34. The van der Waals surface area contributed by atoms with E-state index in [1.165, 1.54) is 0 Å². The molecule has 1 rings (SSSR count). The molecule has 0 amide bonds. The van der Waals surface area contributed by atoms with Crippen molar-refractivity contribution in [3.8, 4) is 5.88 Å². The van der Waals surface area contributed by atoms with Gasteiger partial charge in [0.05, 0.1) is 0 Å². The van der Waals surface area contributed by atoms with Crippen molar-refractivity contribution in [1.29, 1.82) is 0 Å². The minimum atomic E-state index is -0.0258. The average molecular weight is 252 g/mol. The van der Waals surface area contributed by atoms with Crippen molar-refractivity contribution in [2.45, 2.75) is 32.7 Å². The van der Waals surface area contributed by atoms with E-state index >= 15 is 0 Å². The van der Waals surface area contributed by atoms with Crippen LogP contribution in [0.15, 0.2) is 12.3 Å². The third kappa shape index (κ3) is 4.49. The molecule has 0 fully saturated rings. The van der Waals surface area contributed by atoms with Gasteiger partial charge in [-0.15, -0.1) is 0 Å². The van der Waals surface area contributed by atoms with Gasteiger partial charge in [0, 0.05) is 24.3 Å². The molecule has 1 aromatic heterocycles. The molecular weight excluding hydrogens is 228 g/mol. The van der Waals surface area contributed by atoms with Crippen LogP contribution >= 0.6 is 0 Å². The van der Waals surface area contributed by atoms with Gasteiger partial charge in [-0.1, -0.05) is 6.92 Å². The summed E-state index contributed by atoms with van der Waals surface area (Å²) in [5, 5.41) is 3.14. The van der Waals surface area contributed by atoms with Crippen LogP contribution in [0.3, 0.4) is 0 Å². The molecule has 0 saturated carbocycles. The van der Waals surface area contributed by atoms with Gasteiger partial charge in [0.25, 0.3) is 0 Å². The van der Waals surface area contributed by atoms with Crippen LogP contribution in [0.25, 0.3) is 0 Å². The van der Waals surface area contributed by atoms with Crippen LogP contribution in [-0.4, -0.2) is 47.7 Å². The molecule has 1 N–H and O–H groups in total. The first kappa shape index (κ1) is 14.7. The summed E-state index contributed by atoms with van der Waals surface area (Å²) >= 11 is 0. The highest BCUT2D eigenvalue weighted by Crippen LogP contribution is 2.14. The molecule has 1 heterocycles. The predicted molar refractivity (Wildman–Crippen MR) is 74.1 cm³/mol. The molecule has 0 aliphatic heterocycles. The fraction of sp³-hybridized carbons (Fsp3) is 0.692. The third-order valence-corrected chi connectivity index (χ3v) is 2.95. The smallest absolute Gasteiger partial charge is 0.225 e. The fourth-order valence-electron chi connectivity index (χ4n) is 1.12. The summed E-state index contributed by atoms with van der Waals surface area (Å²) in [6, 6.07) is 1.78. The van der Waals surface area contributed by atoms with Crippen LogP contribution in [0, 0.1) is 0 Å². The lowest BCUT2D eigenvalue weighted by molar-refractivity contribution is 0.111. The van der Waals surface area contributed by atoms with E-state index < -0.39 is 0 Å². The van der Waals surface area contributed by atoms with Crippen molar-refractivity contribution in [3.05, 3.63) is 12.3 Å². The van der Waals surface area contributed by atoms with Crippen molar-refractivity contribution < 1.29 is 4.74 Å². The van der Waals surface area contributed by atoms with Gasteiger partial charge in [0.15, 0.2) is 0 Å². The summed E-state index contributed by atoms with van der Waals surface area (Å²) in [7, 11) is 4.08. The van der Waals surface area contributed by atoms with Crippen molar-refractivity contribution in [3.63, 3.8) is 0 Å². The van der Waals surface area contributed by atoms with Crippen molar-refractivity contribution in [2.24, 2.45) is 0 Å². The quantitative estimate of drug-likeness (QED) is 0.804. The lowest BCUT2D eigenvalue weighted by atomic mass is 10.1. The lowest BCUT2D eigenvalue weighted by Crippen LogP contribution is -2.43. The fourth-order valence-corrected chi connectivity index (χ4v) is 1.12. The zero-order valence-electron chi connectivity index (χ0n) is 12.0. The Balaban J connectivity index is 2.57. The predicted octanol–water partition coefficient (Wildman–Crippen LogP) is 2.02. The summed E-state index contributed by atoms with van der Waals surface area (Å²) in [5.41, 5.74) is -0.0258. The SMILES string of the molecule is CCCNc1nccc(OCC(C)(C)N(C)C)n1. The van der Waals surface area contributed by atoms with Gasteiger partial charge in [-0.2, -0.15) is 4.98 Å². The zero-order chi connectivity index (χ0) is 13.6. The maximum absolute atomic E-state index is 5.72. The van der Waals surface area contributed by atoms with Gasteiger partial charge in [-0.05, 0) is 34.4 Å². The number of nitrogens with one attached hydrogen (secondary N) is 1. The van der Waals surface area contributed by atoms with Gasteiger partial charge < -0.3 is 15.0 Å². The van der Waals surface area contributed by atoms with Gasteiger partial charge in [-0.3, -0.25) is 0 Å². The molecule has 0 spiro atoms. The third-order valence-electron chi connectivity index (χ3n) is 2.95. The standard InChI is InChI=1S/C13H24N4O/c1-6-8-14-12-15-9-7-11(16-12)18-10-13(2,3)17(4)5/h7,9H,6,8,10H2,1-5H3,(H,14,15,16). The van der Waals surface area contributed by atoms with Crippen molar-refractivity contribution in [1.82, 2.24) is 14.9 Å². The Bertz CT molecular complexity index is 366. The molecule has 0 aromatic carbocycles. The highest BCUT2D eigenvalue weighted by atomic mass is 16.5. The number of hydrogen-bond acceptors (Lipinski definition) is 5.